The minimum atomic E-state index is -1.04. The highest BCUT2D eigenvalue weighted by atomic mass is 16.5. The Bertz CT molecular complexity index is 1830. The van der Waals surface area contributed by atoms with Gasteiger partial charge in [0.2, 0.25) is 11.8 Å². The lowest BCUT2D eigenvalue weighted by Crippen LogP contribution is -2.53. The second-order valence-electron chi connectivity index (χ2n) is 12.8. The number of alkyl carbamates (subject to hydrolysis) is 1. The van der Waals surface area contributed by atoms with Gasteiger partial charge < -0.3 is 30.0 Å². The Balaban J connectivity index is 1.17. The van der Waals surface area contributed by atoms with Crippen LogP contribution >= 0.6 is 0 Å². The molecule has 1 fully saturated rings. The second-order valence-corrected chi connectivity index (χ2v) is 12.8. The lowest BCUT2D eigenvalue weighted by atomic mass is 9.64. The Hall–Kier alpha value is -5.97. The van der Waals surface area contributed by atoms with E-state index in [9.17, 15) is 14.4 Å². The third-order valence-corrected chi connectivity index (χ3v) is 9.16. The first-order valence-electron chi connectivity index (χ1n) is 17.1. The van der Waals surface area contributed by atoms with E-state index in [1.165, 1.54) is 16.8 Å². The van der Waals surface area contributed by atoms with E-state index < -0.39 is 18.0 Å². The van der Waals surface area contributed by atoms with Crippen molar-refractivity contribution in [3.8, 4) is 5.75 Å². The monoisotopic (exact) mass is 686 g/mol. The van der Waals surface area contributed by atoms with E-state index in [0.717, 1.165) is 36.1 Å². The third-order valence-electron chi connectivity index (χ3n) is 9.16. The highest BCUT2D eigenvalue weighted by Crippen LogP contribution is 2.43. The lowest BCUT2D eigenvalue weighted by molar-refractivity contribution is -0.138. The predicted molar refractivity (Wildman–Crippen MR) is 191 cm³/mol. The molecule has 3 aromatic carbocycles. The maximum atomic E-state index is 14.3. The molecule has 6 rings (SSSR count). The van der Waals surface area contributed by atoms with Crippen LogP contribution < -0.4 is 15.4 Å². The Labute approximate surface area is 297 Å². The van der Waals surface area contributed by atoms with Crippen molar-refractivity contribution in [2.75, 3.05) is 13.1 Å². The van der Waals surface area contributed by atoms with Crippen molar-refractivity contribution in [2.45, 2.75) is 56.9 Å². The molecular formula is C40H42N6O5. The van der Waals surface area contributed by atoms with E-state index in [1.54, 1.807) is 12.4 Å². The van der Waals surface area contributed by atoms with Crippen LogP contribution in [0, 0.1) is 0 Å². The first kappa shape index (κ1) is 34.9. The maximum absolute atomic E-state index is 14.3. The molecule has 5 aromatic rings. The summed E-state index contributed by atoms with van der Waals surface area (Å²) in [6.45, 7) is 0.749. The predicted octanol–water partition coefficient (Wildman–Crippen LogP) is 5.49. The SMILES string of the molecule is O=C(CN(Cc1ccc(OCc2ccccn2)cc1)C(=O)[C@H](Cc1cnc[nH]1)NC(=O)OCc1ccccc1)NCC1(c2ccccc2)CCC1. The zero-order chi connectivity index (χ0) is 35.3. The van der Waals surface area contributed by atoms with Crippen LogP contribution in [0.3, 0.4) is 0 Å². The van der Waals surface area contributed by atoms with Crippen LogP contribution in [0.4, 0.5) is 4.79 Å². The molecule has 3 N–H and O–H groups in total. The highest BCUT2D eigenvalue weighted by Gasteiger charge is 2.39. The number of benzene rings is 3. The van der Waals surface area contributed by atoms with Crippen molar-refractivity contribution in [1.82, 2.24) is 30.5 Å². The van der Waals surface area contributed by atoms with Gasteiger partial charge in [-0.15, -0.1) is 0 Å². The number of ether oxygens (including phenoxy) is 2. The molecule has 1 atom stereocenters. The van der Waals surface area contributed by atoms with Crippen molar-refractivity contribution in [2.24, 2.45) is 0 Å². The lowest BCUT2D eigenvalue weighted by Gasteiger charge is -2.42. The van der Waals surface area contributed by atoms with Gasteiger partial charge in [-0.05, 0) is 53.8 Å². The fourth-order valence-electron chi connectivity index (χ4n) is 6.17. The molecule has 1 saturated carbocycles. The van der Waals surface area contributed by atoms with Gasteiger partial charge in [0.05, 0.1) is 18.6 Å². The molecule has 0 radical (unpaired) electrons. The number of hydrogen-bond donors (Lipinski definition) is 3. The summed E-state index contributed by atoms with van der Waals surface area (Å²) < 4.78 is 11.4. The number of nitrogens with one attached hydrogen (secondary N) is 3. The van der Waals surface area contributed by atoms with Gasteiger partial charge in [-0.3, -0.25) is 14.6 Å². The van der Waals surface area contributed by atoms with Crippen LogP contribution in [0.1, 0.15) is 47.3 Å². The molecule has 2 aromatic heterocycles. The summed E-state index contributed by atoms with van der Waals surface area (Å²) in [5.41, 5.74) is 4.13. The first-order chi connectivity index (χ1) is 25.0. The van der Waals surface area contributed by atoms with E-state index in [2.05, 4.69) is 37.7 Å². The molecular weight excluding hydrogens is 644 g/mol. The normalized spacial score (nSPS) is 13.6. The zero-order valence-corrected chi connectivity index (χ0v) is 28.4. The van der Waals surface area contributed by atoms with Crippen molar-refractivity contribution in [3.63, 3.8) is 0 Å². The number of imidazole rings is 1. The van der Waals surface area contributed by atoms with Crippen molar-refractivity contribution >= 4 is 17.9 Å². The van der Waals surface area contributed by atoms with E-state index in [1.807, 2.05) is 91.0 Å². The standard InChI is InChI=1S/C40H42N6O5/c47-37(43-28-40(19-9-20-40)32-12-5-2-6-13-32)25-46(24-30-15-17-35(18-16-30)50-27-33-14-7-8-21-42-33)38(48)36(22-34-23-41-29-44-34)45-39(49)51-26-31-10-3-1-4-11-31/h1-8,10-18,21,23,29,36H,9,19-20,22,24-28H2,(H,41,44)(H,43,47)(H,45,49)/t36-/m0/s1. The molecule has 11 nitrogen and oxygen atoms in total. The van der Waals surface area contributed by atoms with Crippen LogP contribution in [0.5, 0.6) is 5.75 Å². The molecule has 0 spiro atoms. The number of amides is 3. The Morgan fingerprint density at radius 2 is 1.61 bits per heavy atom. The second kappa shape index (κ2) is 17.1. The van der Waals surface area contributed by atoms with Gasteiger partial charge >= 0.3 is 6.09 Å². The van der Waals surface area contributed by atoms with Crippen molar-refractivity contribution < 1.29 is 23.9 Å². The molecule has 0 aliphatic heterocycles. The van der Waals surface area contributed by atoms with E-state index in [0.29, 0.717) is 24.6 Å². The van der Waals surface area contributed by atoms with Gasteiger partial charge in [0.25, 0.3) is 0 Å². The summed E-state index contributed by atoms with van der Waals surface area (Å²) in [6.07, 6.45) is 7.26. The summed E-state index contributed by atoms with van der Waals surface area (Å²) in [7, 11) is 0. The van der Waals surface area contributed by atoms with Crippen LogP contribution in [0.15, 0.2) is 122 Å². The average Bonchev–Trinajstić information content (AvgIpc) is 3.67. The minimum Gasteiger partial charge on any atom is -0.487 e. The zero-order valence-electron chi connectivity index (χ0n) is 28.4. The summed E-state index contributed by atoms with van der Waals surface area (Å²) >= 11 is 0. The molecule has 51 heavy (non-hydrogen) atoms. The number of aromatic amines is 1. The van der Waals surface area contributed by atoms with Gasteiger partial charge in [0, 0.05) is 43.0 Å². The van der Waals surface area contributed by atoms with Crippen LogP contribution in [-0.2, 0) is 45.9 Å². The van der Waals surface area contributed by atoms with Gasteiger partial charge in [-0.1, -0.05) is 85.3 Å². The number of hydrogen-bond acceptors (Lipinski definition) is 7. The van der Waals surface area contributed by atoms with Gasteiger partial charge in [-0.2, -0.15) is 0 Å². The fourth-order valence-corrected chi connectivity index (χ4v) is 6.17. The molecule has 0 bridgehead atoms. The average molecular weight is 687 g/mol. The molecule has 11 heteroatoms. The summed E-state index contributed by atoms with van der Waals surface area (Å²) in [5, 5.41) is 5.86. The molecule has 1 aliphatic rings. The molecule has 262 valence electrons. The number of aromatic nitrogens is 3. The summed E-state index contributed by atoms with van der Waals surface area (Å²) in [5.74, 6) is -0.0761. The molecule has 1 aliphatic carbocycles. The molecule has 2 heterocycles. The quantitative estimate of drug-likeness (QED) is 0.125. The number of H-pyrrole nitrogens is 1. The largest absolute Gasteiger partial charge is 0.487 e. The van der Waals surface area contributed by atoms with E-state index in [-0.39, 0.29) is 37.4 Å². The number of rotatable bonds is 16. The Morgan fingerprint density at radius 1 is 0.863 bits per heavy atom. The van der Waals surface area contributed by atoms with Gasteiger partial charge in [-0.25, -0.2) is 9.78 Å². The number of nitrogens with zero attached hydrogens (tertiary/aromatic N) is 3. The smallest absolute Gasteiger partial charge is 0.408 e. The van der Waals surface area contributed by atoms with Crippen LogP contribution in [0.2, 0.25) is 0 Å². The van der Waals surface area contributed by atoms with E-state index in [4.69, 9.17) is 9.47 Å². The van der Waals surface area contributed by atoms with Gasteiger partial charge in [0.15, 0.2) is 0 Å². The Kier molecular flexibility index (Phi) is 11.7. The summed E-state index contributed by atoms with van der Waals surface area (Å²) in [4.78, 5) is 53.8. The van der Waals surface area contributed by atoms with E-state index >= 15 is 0 Å². The topological polar surface area (TPSA) is 139 Å². The van der Waals surface area contributed by atoms with Crippen LogP contribution in [-0.4, -0.2) is 56.9 Å². The van der Waals surface area contributed by atoms with Gasteiger partial charge in [0.1, 0.15) is 25.0 Å². The minimum absolute atomic E-state index is 0.0433. The number of carbonyl (C=O) groups is 3. The maximum Gasteiger partial charge on any atom is 0.408 e. The highest BCUT2D eigenvalue weighted by molar-refractivity contribution is 5.89. The molecule has 0 saturated heterocycles. The number of carbonyl (C=O) groups excluding carboxylic acids is 3. The van der Waals surface area contributed by atoms with Crippen molar-refractivity contribution in [3.05, 3.63) is 150 Å². The Morgan fingerprint density at radius 3 is 2.27 bits per heavy atom. The molecule has 0 unspecified atom stereocenters. The first-order valence-corrected chi connectivity index (χ1v) is 17.1. The fraction of sp³-hybridized carbons (Fsp3) is 0.275. The third kappa shape index (κ3) is 9.81. The van der Waals surface area contributed by atoms with Crippen molar-refractivity contribution in [1.29, 1.82) is 0 Å². The molecule has 3 amide bonds. The number of pyridine rings is 1. The summed E-state index contributed by atoms with van der Waals surface area (Å²) in [6, 6.07) is 31.5. The van der Waals surface area contributed by atoms with Crippen LogP contribution in [0.25, 0.3) is 0 Å².